The molecule has 3 rings (SSSR count). The van der Waals surface area contributed by atoms with Gasteiger partial charge in [-0.2, -0.15) is 0 Å². The van der Waals surface area contributed by atoms with Gasteiger partial charge in [-0.1, -0.05) is 19.3 Å². The van der Waals surface area contributed by atoms with Crippen LogP contribution >= 0.6 is 0 Å². The van der Waals surface area contributed by atoms with Gasteiger partial charge in [0.2, 0.25) is 5.88 Å². The number of ether oxygens (including phenoxy) is 1. The molecule has 6 heteroatoms. The second-order valence-corrected chi connectivity index (χ2v) is 6.59. The standard InChI is InChI=1S/C17H26N4O2/c22-17(20-13-4-2-1-3-5-13)21-14-6-8-15(9-7-14)23-16-12-18-10-11-19-16/h10-15H,1-9H2,(H2,20,21,22). The highest BCUT2D eigenvalue weighted by Gasteiger charge is 2.24. The number of urea groups is 1. The maximum Gasteiger partial charge on any atom is 0.315 e. The molecule has 23 heavy (non-hydrogen) atoms. The monoisotopic (exact) mass is 318 g/mol. The first-order chi connectivity index (χ1) is 11.3. The Labute approximate surface area is 137 Å². The highest BCUT2D eigenvalue weighted by Crippen LogP contribution is 2.22. The summed E-state index contributed by atoms with van der Waals surface area (Å²) < 4.78 is 5.83. The molecule has 2 N–H and O–H groups in total. The van der Waals surface area contributed by atoms with Crippen LogP contribution in [-0.4, -0.2) is 34.2 Å². The van der Waals surface area contributed by atoms with E-state index in [9.17, 15) is 4.79 Å². The van der Waals surface area contributed by atoms with Gasteiger partial charge in [-0.05, 0) is 38.5 Å². The Hall–Kier alpha value is -1.85. The zero-order valence-corrected chi connectivity index (χ0v) is 13.5. The van der Waals surface area contributed by atoms with Crippen LogP contribution in [0.2, 0.25) is 0 Å². The molecule has 126 valence electrons. The molecule has 6 nitrogen and oxygen atoms in total. The van der Waals surface area contributed by atoms with Crippen LogP contribution in [0, 0.1) is 0 Å². The molecule has 1 aromatic rings. The van der Waals surface area contributed by atoms with Crippen LogP contribution in [0.15, 0.2) is 18.6 Å². The van der Waals surface area contributed by atoms with Crippen molar-refractivity contribution >= 4 is 6.03 Å². The van der Waals surface area contributed by atoms with Crippen molar-refractivity contribution in [3.63, 3.8) is 0 Å². The van der Waals surface area contributed by atoms with Crippen molar-refractivity contribution in [2.45, 2.75) is 76.0 Å². The number of amides is 2. The fourth-order valence-electron chi connectivity index (χ4n) is 3.50. The van der Waals surface area contributed by atoms with Gasteiger partial charge in [0.25, 0.3) is 0 Å². The van der Waals surface area contributed by atoms with E-state index < -0.39 is 0 Å². The lowest BCUT2D eigenvalue weighted by Gasteiger charge is -2.30. The van der Waals surface area contributed by atoms with Gasteiger partial charge < -0.3 is 15.4 Å². The molecular weight excluding hydrogens is 292 g/mol. The van der Waals surface area contributed by atoms with Gasteiger partial charge in [-0.15, -0.1) is 0 Å². The number of rotatable bonds is 4. The average molecular weight is 318 g/mol. The molecular formula is C17H26N4O2. The molecule has 1 heterocycles. The van der Waals surface area contributed by atoms with Gasteiger partial charge in [0.1, 0.15) is 6.10 Å². The van der Waals surface area contributed by atoms with Gasteiger partial charge in [0, 0.05) is 24.5 Å². The minimum absolute atomic E-state index is 0.00445. The summed E-state index contributed by atoms with van der Waals surface area (Å²) in [5.41, 5.74) is 0. The maximum absolute atomic E-state index is 12.1. The van der Waals surface area contributed by atoms with Crippen LogP contribution in [0.5, 0.6) is 5.88 Å². The summed E-state index contributed by atoms with van der Waals surface area (Å²) in [4.78, 5) is 20.2. The molecule has 2 saturated carbocycles. The molecule has 0 aromatic carbocycles. The van der Waals surface area contributed by atoms with E-state index in [1.54, 1.807) is 18.6 Å². The Balaban J connectivity index is 1.36. The SMILES string of the molecule is O=C(NC1CCCCC1)NC1CCC(Oc2cnccn2)CC1. The van der Waals surface area contributed by atoms with Gasteiger partial charge in [-0.3, -0.25) is 4.98 Å². The van der Waals surface area contributed by atoms with Crippen LogP contribution in [0.4, 0.5) is 4.79 Å². The Morgan fingerprint density at radius 1 is 0.957 bits per heavy atom. The van der Waals surface area contributed by atoms with Crippen molar-refractivity contribution in [2.75, 3.05) is 0 Å². The number of carbonyl (C=O) groups excluding carboxylic acids is 1. The molecule has 1 aromatic heterocycles. The van der Waals surface area contributed by atoms with E-state index >= 15 is 0 Å². The summed E-state index contributed by atoms with van der Waals surface area (Å²) in [5, 5.41) is 6.23. The van der Waals surface area contributed by atoms with E-state index in [0.717, 1.165) is 38.5 Å². The fraction of sp³-hybridized carbons (Fsp3) is 0.706. The van der Waals surface area contributed by atoms with E-state index in [4.69, 9.17) is 4.74 Å². The first-order valence-electron chi connectivity index (χ1n) is 8.79. The lowest BCUT2D eigenvalue weighted by atomic mass is 9.93. The third-order valence-corrected chi connectivity index (χ3v) is 4.78. The van der Waals surface area contributed by atoms with Crippen LogP contribution in [0.1, 0.15) is 57.8 Å². The van der Waals surface area contributed by atoms with Crippen molar-refractivity contribution in [1.82, 2.24) is 20.6 Å². The first-order valence-corrected chi connectivity index (χ1v) is 8.79. The van der Waals surface area contributed by atoms with Crippen molar-refractivity contribution < 1.29 is 9.53 Å². The molecule has 2 aliphatic rings. The zero-order chi connectivity index (χ0) is 15.9. The van der Waals surface area contributed by atoms with E-state index in [-0.39, 0.29) is 18.2 Å². The molecule has 0 unspecified atom stereocenters. The summed E-state index contributed by atoms with van der Waals surface area (Å²) in [6.07, 6.45) is 14.9. The Morgan fingerprint density at radius 2 is 1.65 bits per heavy atom. The van der Waals surface area contributed by atoms with Crippen LogP contribution in [-0.2, 0) is 0 Å². The highest BCUT2D eigenvalue weighted by molar-refractivity contribution is 5.74. The molecule has 2 amide bonds. The first kappa shape index (κ1) is 16.0. The summed E-state index contributed by atoms with van der Waals surface area (Å²) in [7, 11) is 0. The smallest absolute Gasteiger partial charge is 0.315 e. The number of nitrogens with one attached hydrogen (secondary N) is 2. The lowest BCUT2D eigenvalue weighted by Crippen LogP contribution is -2.48. The van der Waals surface area contributed by atoms with Gasteiger partial charge in [0.05, 0.1) is 6.20 Å². The minimum atomic E-state index is -0.00445. The second-order valence-electron chi connectivity index (χ2n) is 6.59. The average Bonchev–Trinajstić information content (AvgIpc) is 2.58. The van der Waals surface area contributed by atoms with Crippen LogP contribution in [0.3, 0.4) is 0 Å². The van der Waals surface area contributed by atoms with Crippen molar-refractivity contribution in [3.05, 3.63) is 18.6 Å². The minimum Gasteiger partial charge on any atom is -0.473 e. The normalized spacial score (nSPS) is 25.6. The van der Waals surface area contributed by atoms with Crippen molar-refractivity contribution in [2.24, 2.45) is 0 Å². The summed E-state index contributed by atoms with van der Waals surface area (Å²) >= 11 is 0. The molecule has 0 atom stereocenters. The third-order valence-electron chi connectivity index (χ3n) is 4.78. The summed E-state index contributed by atoms with van der Waals surface area (Å²) in [5.74, 6) is 0.582. The Bertz CT molecular complexity index is 483. The van der Waals surface area contributed by atoms with E-state index in [0.29, 0.717) is 11.9 Å². The zero-order valence-electron chi connectivity index (χ0n) is 13.5. The fourth-order valence-corrected chi connectivity index (χ4v) is 3.50. The Kier molecular flexibility index (Phi) is 5.66. The van der Waals surface area contributed by atoms with Gasteiger partial charge >= 0.3 is 6.03 Å². The predicted octanol–water partition coefficient (Wildman–Crippen LogP) is 2.80. The molecule has 2 fully saturated rings. The van der Waals surface area contributed by atoms with Crippen LogP contribution in [0.25, 0.3) is 0 Å². The van der Waals surface area contributed by atoms with E-state index in [1.165, 1.54) is 19.3 Å². The molecule has 0 saturated heterocycles. The lowest BCUT2D eigenvalue weighted by molar-refractivity contribution is 0.134. The number of carbonyl (C=O) groups is 1. The topological polar surface area (TPSA) is 76.1 Å². The van der Waals surface area contributed by atoms with E-state index in [2.05, 4.69) is 20.6 Å². The number of hydrogen-bond donors (Lipinski definition) is 2. The largest absolute Gasteiger partial charge is 0.473 e. The second kappa shape index (κ2) is 8.13. The number of aromatic nitrogens is 2. The number of hydrogen-bond acceptors (Lipinski definition) is 4. The number of nitrogens with zero attached hydrogens (tertiary/aromatic N) is 2. The summed E-state index contributed by atoms with van der Waals surface area (Å²) in [6.45, 7) is 0. The quantitative estimate of drug-likeness (QED) is 0.895. The van der Waals surface area contributed by atoms with E-state index in [1.807, 2.05) is 0 Å². The van der Waals surface area contributed by atoms with Crippen LogP contribution < -0.4 is 15.4 Å². The van der Waals surface area contributed by atoms with Gasteiger partial charge in [-0.25, -0.2) is 9.78 Å². The molecule has 0 radical (unpaired) electrons. The van der Waals surface area contributed by atoms with Gasteiger partial charge in [0.15, 0.2) is 0 Å². The van der Waals surface area contributed by atoms with Crippen molar-refractivity contribution in [3.8, 4) is 5.88 Å². The molecule has 0 spiro atoms. The van der Waals surface area contributed by atoms with Crippen molar-refractivity contribution in [1.29, 1.82) is 0 Å². The highest BCUT2D eigenvalue weighted by atomic mass is 16.5. The Morgan fingerprint density at radius 3 is 2.30 bits per heavy atom. The predicted molar refractivity (Wildman–Crippen MR) is 87.2 cm³/mol. The third kappa shape index (κ3) is 5.08. The molecule has 2 aliphatic carbocycles. The summed E-state index contributed by atoms with van der Waals surface area (Å²) in [6, 6.07) is 0.607. The molecule has 0 aliphatic heterocycles. The maximum atomic E-state index is 12.1. The molecule has 0 bridgehead atoms.